The Morgan fingerprint density at radius 2 is 1.72 bits per heavy atom. The zero-order valence-corrected chi connectivity index (χ0v) is 24.9. The number of thiol groups is 1. The molecule has 0 radical (unpaired) electrons. The van der Waals surface area contributed by atoms with Gasteiger partial charge in [0.15, 0.2) is 0 Å². The van der Waals surface area contributed by atoms with Crippen molar-refractivity contribution >= 4 is 36.5 Å². The van der Waals surface area contributed by atoms with Crippen molar-refractivity contribution in [2.24, 2.45) is 0 Å². The average Bonchev–Trinajstić information content (AvgIpc) is 2.87. The fourth-order valence-corrected chi connectivity index (χ4v) is 4.16. The molecule has 2 unspecified atom stereocenters. The highest BCUT2D eigenvalue weighted by molar-refractivity contribution is 7.80. The summed E-state index contributed by atoms with van der Waals surface area (Å²) in [4.78, 5) is 53.0. The van der Waals surface area contributed by atoms with Crippen LogP contribution in [0, 0.1) is 6.92 Å². The van der Waals surface area contributed by atoms with Gasteiger partial charge in [0.05, 0.1) is 7.11 Å². The topological polar surface area (TPSA) is 134 Å². The van der Waals surface area contributed by atoms with Crippen LogP contribution in [-0.4, -0.2) is 71.5 Å². The molecule has 11 heteroatoms. The van der Waals surface area contributed by atoms with Crippen molar-refractivity contribution in [2.45, 2.75) is 90.8 Å². The molecule has 3 N–H and O–H groups in total. The smallest absolute Gasteiger partial charge is 0.408 e. The molecule has 0 bridgehead atoms. The van der Waals surface area contributed by atoms with Gasteiger partial charge in [-0.15, -0.1) is 0 Å². The maximum atomic E-state index is 13.9. The predicted molar refractivity (Wildman–Crippen MR) is 153 cm³/mol. The molecule has 39 heavy (non-hydrogen) atoms. The second kappa shape index (κ2) is 16.9. The van der Waals surface area contributed by atoms with Gasteiger partial charge in [-0.3, -0.25) is 14.4 Å². The van der Waals surface area contributed by atoms with E-state index in [0.717, 1.165) is 32.1 Å². The first kappa shape index (κ1) is 34.1. The third-order valence-electron chi connectivity index (χ3n) is 5.94. The summed E-state index contributed by atoms with van der Waals surface area (Å²) in [5.41, 5.74) is 0.192. The first-order valence-electron chi connectivity index (χ1n) is 13.4. The number of amides is 3. The number of hydrogen-bond acceptors (Lipinski definition) is 8. The van der Waals surface area contributed by atoms with Crippen LogP contribution in [0.1, 0.15) is 83.4 Å². The lowest BCUT2D eigenvalue weighted by atomic mass is 9.99. The number of phenols is 1. The molecular weight excluding hydrogens is 522 g/mol. The summed E-state index contributed by atoms with van der Waals surface area (Å²) in [5, 5.41) is 15.2. The van der Waals surface area contributed by atoms with Crippen LogP contribution in [0.25, 0.3) is 0 Å². The van der Waals surface area contributed by atoms with E-state index in [-0.39, 0.29) is 24.6 Å². The van der Waals surface area contributed by atoms with Gasteiger partial charge in [-0.1, -0.05) is 45.1 Å². The number of nitrogens with zero attached hydrogens (tertiary/aromatic N) is 1. The fourth-order valence-electron chi connectivity index (χ4n) is 3.91. The SMILES string of the molecule is CCCCCCCCN(C(=O)C(CS)NC(=O)OC(C)(C)C)C(C(=O)NCC(=O)OC)c1ccc(O)c(C)c1. The molecule has 10 nitrogen and oxygen atoms in total. The van der Waals surface area contributed by atoms with Crippen LogP contribution in [0.4, 0.5) is 4.79 Å². The van der Waals surface area contributed by atoms with Crippen LogP contribution in [0.3, 0.4) is 0 Å². The summed E-state index contributed by atoms with van der Waals surface area (Å²) in [7, 11) is 1.21. The molecule has 1 rings (SSSR count). The summed E-state index contributed by atoms with van der Waals surface area (Å²) in [5.74, 6) is -1.75. The Hall–Kier alpha value is -2.95. The molecule has 0 saturated carbocycles. The predicted octanol–water partition coefficient (Wildman–Crippen LogP) is 4.04. The summed E-state index contributed by atoms with van der Waals surface area (Å²) in [6.45, 7) is 8.79. The van der Waals surface area contributed by atoms with Gasteiger partial charge >= 0.3 is 12.1 Å². The first-order valence-corrected chi connectivity index (χ1v) is 14.0. The zero-order chi connectivity index (χ0) is 29.6. The van der Waals surface area contributed by atoms with Crippen LogP contribution in [0.5, 0.6) is 5.75 Å². The molecule has 0 heterocycles. The number of esters is 1. The molecule has 0 fully saturated rings. The van der Waals surface area contributed by atoms with Gasteiger partial charge in [0.1, 0.15) is 30.0 Å². The number of alkyl carbamates (subject to hydrolysis) is 1. The molecule has 3 amide bonds. The van der Waals surface area contributed by atoms with Gasteiger partial charge in [0.25, 0.3) is 0 Å². The molecule has 0 aliphatic rings. The highest BCUT2D eigenvalue weighted by atomic mass is 32.1. The van der Waals surface area contributed by atoms with E-state index in [2.05, 4.69) is 34.9 Å². The number of benzene rings is 1. The van der Waals surface area contributed by atoms with Crippen LogP contribution in [-0.2, 0) is 23.9 Å². The van der Waals surface area contributed by atoms with Crippen LogP contribution >= 0.6 is 12.6 Å². The van der Waals surface area contributed by atoms with Gasteiger partial charge in [-0.25, -0.2) is 4.79 Å². The van der Waals surface area contributed by atoms with E-state index in [1.807, 2.05) is 0 Å². The summed E-state index contributed by atoms with van der Waals surface area (Å²) >= 11 is 4.29. The lowest BCUT2D eigenvalue weighted by Crippen LogP contribution is -2.54. The van der Waals surface area contributed by atoms with Crippen molar-refractivity contribution in [3.8, 4) is 5.75 Å². The summed E-state index contributed by atoms with van der Waals surface area (Å²) in [6, 6.07) is 2.42. The second-order valence-corrected chi connectivity index (χ2v) is 10.8. The largest absolute Gasteiger partial charge is 0.508 e. The van der Waals surface area contributed by atoms with Crippen LogP contribution in [0.15, 0.2) is 18.2 Å². The Kier molecular flexibility index (Phi) is 14.8. The summed E-state index contributed by atoms with van der Waals surface area (Å²) in [6.07, 6.45) is 4.98. The number of aryl methyl sites for hydroxylation is 1. The van der Waals surface area contributed by atoms with E-state index < -0.39 is 41.6 Å². The Morgan fingerprint density at radius 1 is 1.08 bits per heavy atom. The number of phenolic OH excluding ortho intramolecular Hbond substituents is 1. The number of carbonyl (C=O) groups is 4. The number of nitrogens with one attached hydrogen (secondary N) is 2. The van der Waals surface area contributed by atoms with E-state index in [0.29, 0.717) is 17.5 Å². The Balaban J connectivity index is 3.40. The van der Waals surface area contributed by atoms with E-state index in [1.54, 1.807) is 39.8 Å². The third kappa shape index (κ3) is 12.2. The number of unbranched alkanes of at least 4 members (excludes halogenated alkanes) is 5. The van der Waals surface area contributed by atoms with E-state index in [4.69, 9.17) is 4.74 Å². The molecule has 1 aromatic rings. The molecule has 220 valence electrons. The number of carbonyl (C=O) groups excluding carboxylic acids is 4. The van der Waals surface area contributed by atoms with Crippen molar-refractivity contribution in [3.05, 3.63) is 29.3 Å². The van der Waals surface area contributed by atoms with Crippen LogP contribution < -0.4 is 10.6 Å². The van der Waals surface area contributed by atoms with Crippen LogP contribution in [0.2, 0.25) is 0 Å². The van der Waals surface area contributed by atoms with E-state index in [9.17, 15) is 24.3 Å². The normalized spacial score (nSPS) is 12.7. The molecule has 2 atom stereocenters. The van der Waals surface area contributed by atoms with E-state index in [1.165, 1.54) is 18.1 Å². The maximum absolute atomic E-state index is 13.9. The Bertz CT molecular complexity index is 965. The van der Waals surface area contributed by atoms with Gasteiger partial charge in [0, 0.05) is 12.3 Å². The van der Waals surface area contributed by atoms with Crippen molar-refractivity contribution in [1.29, 1.82) is 0 Å². The quantitative estimate of drug-likeness (QED) is 0.143. The Labute approximate surface area is 237 Å². The molecule has 0 aromatic heterocycles. The highest BCUT2D eigenvalue weighted by Gasteiger charge is 2.36. The molecular formula is C28H45N3O7S. The maximum Gasteiger partial charge on any atom is 0.408 e. The first-order chi connectivity index (χ1) is 18.3. The van der Waals surface area contributed by atoms with E-state index >= 15 is 0 Å². The fraction of sp³-hybridized carbons (Fsp3) is 0.643. The van der Waals surface area contributed by atoms with Crippen molar-refractivity contribution in [3.63, 3.8) is 0 Å². The standard InChI is InChI=1S/C28H45N3O7S/c1-7-8-9-10-11-12-15-31(26(35)21(18-39)30-27(36)38-28(3,4)5)24(25(34)29-17-23(33)37-6)20-13-14-22(32)19(2)16-20/h13-14,16,21,24,32,39H,7-12,15,17-18H2,1-6H3,(H,29,34)(H,30,36). The number of aromatic hydroxyl groups is 1. The number of methoxy groups -OCH3 is 1. The zero-order valence-electron chi connectivity index (χ0n) is 24.0. The van der Waals surface area contributed by atoms with Gasteiger partial charge in [-0.05, 0) is 57.4 Å². The molecule has 0 aliphatic heterocycles. The lowest BCUT2D eigenvalue weighted by Gasteiger charge is -2.34. The second-order valence-electron chi connectivity index (χ2n) is 10.4. The van der Waals surface area contributed by atoms with Crippen molar-refractivity contribution in [2.75, 3.05) is 26.0 Å². The van der Waals surface area contributed by atoms with Crippen molar-refractivity contribution in [1.82, 2.24) is 15.5 Å². The van der Waals surface area contributed by atoms with Gasteiger partial charge in [-0.2, -0.15) is 12.6 Å². The third-order valence-corrected chi connectivity index (χ3v) is 6.30. The minimum atomic E-state index is -1.14. The number of ether oxygens (including phenoxy) is 2. The van der Waals surface area contributed by atoms with Gasteiger partial charge < -0.3 is 30.1 Å². The lowest BCUT2D eigenvalue weighted by molar-refractivity contribution is -0.144. The average molecular weight is 568 g/mol. The minimum absolute atomic E-state index is 0.0316. The monoisotopic (exact) mass is 567 g/mol. The highest BCUT2D eigenvalue weighted by Crippen LogP contribution is 2.28. The number of rotatable bonds is 15. The molecule has 0 saturated heterocycles. The molecule has 0 aliphatic carbocycles. The summed E-state index contributed by atoms with van der Waals surface area (Å²) < 4.78 is 9.96. The Morgan fingerprint density at radius 3 is 2.28 bits per heavy atom. The minimum Gasteiger partial charge on any atom is -0.508 e. The van der Waals surface area contributed by atoms with Gasteiger partial charge in [0.2, 0.25) is 11.8 Å². The molecule has 0 spiro atoms. The number of hydrogen-bond donors (Lipinski definition) is 4. The molecule has 1 aromatic carbocycles. The van der Waals surface area contributed by atoms with Crippen molar-refractivity contribution < 1.29 is 33.8 Å².